The van der Waals surface area contributed by atoms with Crippen molar-refractivity contribution in [2.45, 2.75) is 26.3 Å². The number of nitrogens with one attached hydrogen (secondary N) is 1. The van der Waals surface area contributed by atoms with E-state index in [2.05, 4.69) is 5.32 Å². The molecule has 2 amide bonds. The Labute approximate surface area is 151 Å². The predicted octanol–water partition coefficient (Wildman–Crippen LogP) is 3.79. The topological polar surface area (TPSA) is 58.6 Å². The molecule has 0 saturated carbocycles. The highest BCUT2D eigenvalue weighted by Gasteiger charge is 2.43. The third-order valence-electron chi connectivity index (χ3n) is 4.25. The molecule has 0 aliphatic carbocycles. The molecule has 5 nitrogen and oxygen atoms in total. The SMILES string of the molecule is Cc1cc(OCC(=O)N2c3ccccc3NC(=O)C2(C)C)ccc1Cl. The third kappa shape index (κ3) is 3.20. The summed E-state index contributed by atoms with van der Waals surface area (Å²) in [6.45, 7) is 5.11. The van der Waals surface area contributed by atoms with Gasteiger partial charge in [0.15, 0.2) is 6.61 Å². The normalized spacial score (nSPS) is 15.4. The van der Waals surface area contributed by atoms with Crippen molar-refractivity contribution >= 4 is 34.8 Å². The van der Waals surface area contributed by atoms with Crippen LogP contribution in [0, 0.1) is 6.92 Å². The van der Waals surface area contributed by atoms with Crippen molar-refractivity contribution in [3.05, 3.63) is 53.1 Å². The number of amides is 2. The molecule has 1 heterocycles. The summed E-state index contributed by atoms with van der Waals surface area (Å²) in [5.74, 6) is 0.0320. The molecule has 6 heteroatoms. The second-order valence-corrected chi connectivity index (χ2v) is 6.87. The zero-order chi connectivity index (χ0) is 18.2. The van der Waals surface area contributed by atoms with Crippen molar-refractivity contribution in [2.75, 3.05) is 16.8 Å². The van der Waals surface area contributed by atoms with Crippen LogP contribution < -0.4 is 15.0 Å². The van der Waals surface area contributed by atoms with Crippen molar-refractivity contribution in [1.29, 1.82) is 0 Å². The highest BCUT2D eigenvalue weighted by Crippen LogP contribution is 2.36. The second kappa shape index (κ2) is 6.41. The van der Waals surface area contributed by atoms with E-state index in [1.807, 2.05) is 19.1 Å². The van der Waals surface area contributed by atoms with Gasteiger partial charge in [-0.15, -0.1) is 0 Å². The van der Waals surface area contributed by atoms with Gasteiger partial charge in [-0.3, -0.25) is 14.5 Å². The Morgan fingerprint density at radius 3 is 2.68 bits per heavy atom. The number of nitrogens with zero attached hydrogens (tertiary/aromatic N) is 1. The summed E-state index contributed by atoms with van der Waals surface area (Å²) in [6.07, 6.45) is 0. The first-order chi connectivity index (χ1) is 11.8. The van der Waals surface area contributed by atoms with Crippen LogP contribution in [0.1, 0.15) is 19.4 Å². The predicted molar refractivity (Wildman–Crippen MR) is 98.3 cm³/mol. The minimum Gasteiger partial charge on any atom is -0.484 e. The molecule has 0 spiro atoms. The van der Waals surface area contributed by atoms with Crippen molar-refractivity contribution in [2.24, 2.45) is 0 Å². The minimum absolute atomic E-state index is 0.174. The van der Waals surface area contributed by atoms with Crippen LogP contribution in [0.4, 0.5) is 11.4 Å². The molecule has 2 aromatic carbocycles. The van der Waals surface area contributed by atoms with E-state index in [-0.39, 0.29) is 18.4 Å². The monoisotopic (exact) mass is 358 g/mol. The summed E-state index contributed by atoms with van der Waals surface area (Å²) >= 11 is 6.00. The molecule has 0 fully saturated rings. The van der Waals surface area contributed by atoms with E-state index < -0.39 is 5.54 Å². The molecular weight excluding hydrogens is 340 g/mol. The fourth-order valence-corrected chi connectivity index (χ4v) is 2.93. The number of ether oxygens (including phenoxy) is 1. The number of fused-ring (bicyclic) bond motifs is 1. The average molecular weight is 359 g/mol. The van der Waals surface area contributed by atoms with Crippen molar-refractivity contribution < 1.29 is 14.3 Å². The Balaban J connectivity index is 1.84. The lowest BCUT2D eigenvalue weighted by atomic mass is 9.96. The number of carbonyl (C=O) groups excluding carboxylic acids is 2. The summed E-state index contributed by atoms with van der Waals surface area (Å²) in [5, 5.41) is 3.47. The molecule has 0 bridgehead atoms. The Kier molecular flexibility index (Phi) is 4.43. The van der Waals surface area contributed by atoms with E-state index in [1.165, 1.54) is 4.90 Å². The first kappa shape index (κ1) is 17.3. The van der Waals surface area contributed by atoms with Crippen LogP contribution in [0.3, 0.4) is 0 Å². The number of para-hydroxylation sites is 2. The van der Waals surface area contributed by atoms with Crippen molar-refractivity contribution in [1.82, 2.24) is 0 Å². The fourth-order valence-electron chi connectivity index (χ4n) is 2.81. The first-order valence-corrected chi connectivity index (χ1v) is 8.31. The zero-order valence-electron chi connectivity index (χ0n) is 14.3. The maximum absolute atomic E-state index is 12.8. The van der Waals surface area contributed by atoms with Gasteiger partial charge in [0.2, 0.25) is 5.91 Å². The number of anilines is 2. The van der Waals surface area contributed by atoms with E-state index in [0.29, 0.717) is 22.1 Å². The number of rotatable bonds is 3. The number of benzene rings is 2. The van der Waals surface area contributed by atoms with Crippen molar-refractivity contribution in [3.8, 4) is 5.75 Å². The number of hydrogen-bond donors (Lipinski definition) is 1. The Hall–Kier alpha value is -2.53. The maximum Gasteiger partial charge on any atom is 0.265 e. The lowest BCUT2D eigenvalue weighted by Gasteiger charge is -2.41. The molecule has 0 aromatic heterocycles. The Morgan fingerprint density at radius 1 is 1.24 bits per heavy atom. The van der Waals surface area contributed by atoms with Gasteiger partial charge in [0.05, 0.1) is 11.4 Å². The summed E-state index contributed by atoms with van der Waals surface area (Å²) in [4.78, 5) is 26.7. The van der Waals surface area contributed by atoms with E-state index >= 15 is 0 Å². The number of carbonyl (C=O) groups is 2. The van der Waals surface area contributed by atoms with Crippen LogP contribution in [0.25, 0.3) is 0 Å². The zero-order valence-corrected chi connectivity index (χ0v) is 15.1. The van der Waals surface area contributed by atoms with Gasteiger partial charge >= 0.3 is 0 Å². The van der Waals surface area contributed by atoms with Gasteiger partial charge in [0.25, 0.3) is 5.91 Å². The highest BCUT2D eigenvalue weighted by atomic mass is 35.5. The number of aryl methyl sites for hydroxylation is 1. The molecule has 25 heavy (non-hydrogen) atoms. The molecule has 3 rings (SSSR count). The smallest absolute Gasteiger partial charge is 0.265 e. The Bertz CT molecular complexity index is 848. The molecule has 0 saturated heterocycles. The second-order valence-electron chi connectivity index (χ2n) is 6.46. The summed E-state index contributed by atoms with van der Waals surface area (Å²) in [5.41, 5.74) is 1.13. The molecule has 2 aromatic rings. The van der Waals surface area contributed by atoms with E-state index in [9.17, 15) is 9.59 Å². The minimum atomic E-state index is -1.01. The molecule has 0 radical (unpaired) electrons. The Morgan fingerprint density at radius 2 is 1.96 bits per heavy atom. The number of hydrogen-bond acceptors (Lipinski definition) is 3. The van der Waals surface area contributed by atoms with E-state index in [0.717, 1.165) is 5.56 Å². The molecule has 130 valence electrons. The summed E-state index contributed by atoms with van der Waals surface area (Å²) < 4.78 is 5.62. The van der Waals surface area contributed by atoms with Crippen LogP contribution in [-0.4, -0.2) is 24.0 Å². The largest absolute Gasteiger partial charge is 0.484 e. The van der Waals surface area contributed by atoms with Crippen LogP contribution in [0.15, 0.2) is 42.5 Å². The number of halogens is 1. The average Bonchev–Trinajstić information content (AvgIpc) is 2.56. The van der Waals surface area contributed by atoms with Gasteiger partial charge < -0.3 is 10.1 Å². The fraction of sp³-hybridized carbons (Fsp3) is 0.263. The van der Waals surface area contributed by atoms with Crippen LogP contribution in [0.2, 0.25) is 5.02 Å². The van der Waals surface area contributed by atoms with E-state index in [1.54, 1.807) is 44.2 Å². The van der Waals surface area contributed by atoms with Gasteiger partial charge in [-0.2, -0.15) is 0 Å². The van der Waals surface area contributed by atoms with Crippen LogP contribution in [0.5, 0.6) is 5.75 Å². The van der Waals surface area contributed by atoms with Crippen molar-refractivity contribution in [3.63, 3.8) is 0 Å². The van der Waals surface area contributed by atoms with Gasteiger partial charge in [0.1, 0.15) is 11.3 Å². The lowest BCUT2D eigenvalue weighted by molar-refractivity contribution is -0.127. The van der Waals surface area contributed by atoms with E-state index in [4.69, 9.17) is 16.3 Å². The molecule has 1 N–H and O–H groups in total. The van der Waals surface area contributed by atoms with Crippen LogP contribution >= 0.6 is 11.6 Å². The molecule has 0 atom stereocenters. The highest BCUT2D eigenvalue weighted by molar-refractivity contribution is 6.31. The first-order valence-electron chi connectivity index (χ1n) is 7.93. The standard InChI is InChI=1S/C19H19ClN2O3/c1-12-10-13(8-9-14(12)20)25-11-17(23)22-16-7-5-4-6-15(16)21-18(24)19(22,2)3/h4-10H,11H2,1-3H3,(H,21,24). The summed E-state index contributed by atoms with van der Waals surface area (Å²) in [7, 11) is 0. The van der Waals surface area contributed by atoms with Gasteiger partial charge in [-0.1, -0.05) is 23.7 Å². The van der Waals surface area contributed by atoms with Gasteiger partial charge in [0, 0.05) is 5.02 Å². The third-order valence-corrected chi connectivity index (χ3v) is 4.67. The molecule has 0 unspecified atom stereocenters. The maximum atomic E-state index is 12.8. The van der Waals surface area contributed by atoms with Gasteiger partial charge in [-0.05, 0) is 56.7 Å². The molecule has 1 aliphatic rings. The molecule has 1 aliphatic heterocycles. The summed E-state index contributed by atoms with van der Waals surface area (Å²) in [6, 6.07) is 12.4. The van der Waals surface area contributed by atoms with Crippen LogP contribution in [-0.2, 0) is 9.59 Å². The quantitative estimate of drug-likeness (QED) is 0.908. The van der Waals surface area contributed by atoms with Gasteiger partial charge in [-0.25, -0.2) is 0 Å². The lowest BCUT2D eigenvalue weighted by Crippen LogP contribution is -2.59. The molecular formula is C19H19ClN2O3.